The summed E-state index contributed by atoms with van der Waals surface area (Å²) in [6, 6.07) is 11.6. The van der Waals surface area contributed by atoms with E-state index < -0.39 is 24.6 Å². The maximum absolute atomic E-state index is 12.4. The first-order valence-corrected chi connectivity index (χ1v) is 8.96. The van der Waals surface area contributed by atoms with Gasteiger partial charge < -0.3 is 14.8 Å². The molecule has 3 rings (SSSR count). The van der Waals surface area contributed by atoms with Crippen molar-refractivity contribution >= 4 is 23.2 Å². The van der Waals surface area contributed by atoms with Crippen LogP contribution in [0.4, 0.5) is 18.9 Å². The number of carbonyl (C=O) groups is 1. The van der Waals surface area contributed by atoms with Crippen molar-refractivity contribution in [3.05, 3.63) is 77.2 Å². The molecule has 0 spiro atoms. The fourth-order valence-electron chi connectivity index (χ4n) is 2.32. The summed E-state index contributed by atoms with van der Waals surface area (Å²) in [4.78, 5) is 20.1. The van der Waals surface area contributed by atoms with Crippen molar-refractivity contribution in [3.63, 3.8) is 0 Å². The summed E-state index contributed by atoms with van der Waals surface area (Å²) < 4.78 is 46.9. The second-order valence-corrected chi connectivity index (χ2v) is 6.45. The Bertz CT molecular complexity index is 1020. The van der Waals surface area contributed by atoms with Crippen molar-refractivity contribution in [2.45, 2.75) is 12.8 Å². The topological polar surface area (TPSA) is 73.3 Å². The summed E-state index contributed by atoms with van der Waals surface area (Å²) in [5.74, 6) is -0.420. The number of ether oxygens (including phenoxy) is 2. The summed E-state index contributed by atoms with van der Waals surface area (Å²) in [7, 11) is 0. The molecule has 0 saturated carbocycles. The average molecular weight is 438 g/mol. The molecule has 0 aliphatic rings. The van der Waals surface area contributed by atoms with Gasteiger partial charge in [-0.3, -0.25) is 9.78 Å². The number of hydrogen-bond acceptors (Lipinski definition) is 5. The van der Waals surface area contributed by atoms with Crippen LogP contribution in [0.25, 0.3) is 0 Å². The van der Waals surface area contributed by atoms with Gasteiger partial charge in [-0.25, -0.2) is 4.98 Å². The number of aromatic nitrogens is 2. The van der Waals surface area contributed by atoms with E-state index in [-0.39, 0.29) is 10.6 Å². The quantitative estimate of drug-likeness (QED) is 0.569. The fraction of sp³-hybridized carbons (Fsp3) is 0.150. The first-order valence-electron chi connectivity index (χ1n) is 8.58. The number of rotatable bonds is 7. The predicted molar refractivity (Wildman–Crippen MR) is 104 cm³/mol. The van der Waals surface area contributed by atoms with Gasteiger partial charge in [-0.1, -0.05) is 23.7 Å². The van der Waals surface area contributed by atoms with Crippen LogP contribution in [-0.2, 0) is 6.61 Å². The molecule has 156 valence electrons. The van der Waals surface area contributed by atoms with Crippen molar-refractivity contribution in [3.8, 4) is 11.6 Å². The Hall–Kier alpha value is -3.33. The van der Waals surface area contributed by atoms with Crippen LogP contribution in [0, 0.1) is 0 Å². The number of hydrogen-bond donors (Lipinski definition) is 1. The Labute approximate surface area is 174 Å². The number of pyridine rings is 2. The molecular weight excluding hydrogens is 423 g/mol. The van der Waals surface area contributed by atoms with Crippen molar-refractivity contribution in [2.75, 3.05) is 11.9 Å². The van der Waals surface area contributed by atoms with Gasteiger partial charge in [0.1, 0.15) is 17.4 Å². The number of alkyl halides is 3. The molecule has 6 nitrogen and oxygen atoms in total. The molecule has 30 heavy (non-hydrogen) atoms. The van der Waals surface area contributed by atoms with Gasteiger partial charge in [-0.15, -0.1) is 0 Å². The molecule has 0 fully saturated rings. The minimum atomic E-state index is -4.52. The Morgan fingerprint density at radius 1 is 1.10 bits per heavy atom. The van der Waals surface area contributed by atoms with Gasteiger partial charge >= 0.3 is 6.18 Å². The maximum Gasteiger partial charge on any atom is 0.422 e. The van der Waals surface area contributed by atoms with E-state index >= 15 is 0 Å². The smallest absolute Gasteiger partial charge is 0.422 e. The van der Waals surface area contributed by atoms with Gasteiger partial charge in [0.25, 0.3) is 5.91 Å². The molecular formula is C20H15ClF3N3O3. The van der Waals surface area contributed by atoms with Gasteiger partial charge in [0.15, 0.2) is 6.61 Å². The second-order valence-electron chi connectivity index (χ2n) is 6.05. The van der Waals surface area contributed by atoms with Gasteiger partial charge in [0.2, 0.25) is 5.88 Å². The Morgan fingerprint density at radius 2 is 1.93 bits per heavy atom. The van der Waals surface area contributed by atoms with E-state index in [1.165, 1.54) is 6.07 Å². The predicted octanol–water partition coefficient (Wildman–Crippen LogP) is 4.90. The van der Waals surface area contributed by atoms with Crippen LogP contribution in [0.1, 0.15) is 15.9 Å². The molecule has 10 heteroatoms. The number of carbonyl (C=O) groups excluding carboxylic acids is 1. The lowest BCUT2D eigenvalue weighted by molar-refractivity contribution is -0.154. The molecule has 0 atom stereocenters. The van der Waals surface area contributed by atoms with Gasteiger partial charge in [-0.2, -0.15) is 13.2 Å². The molecule has 2 heterocycles. The molecule has 1 amide bonds. The lowest BCUT2D eigenvalue weighted by Crippen LogP contribution is -2.20. The van der Waals surface area contributed by atoms with E-state index in [0.29, 0.717) is 18.0 Å². The van der Waals surface area contributed by atoms with Crippen LogP contribution in [0.15, 0.2) is 61.1 Å². The van der Waals surface area contributed by atoms with Gasteiger partial charge in [-0.05, 0) is 24.3 Å². The van der Waals surface area contributed by atoms with Crippen LogP contribution < -0.4 is 14.8 Å². The van der Waals surface area contributed by atoms with Crippen molar-refractivity contribution in [1.29, 1.82) is 0 Å². The lowest BCUT2D eigenvalue weighted by atomic mass is 10.2. The van der Waals surface area contributed by atoms with Crippen LogP contribution in [0.2, 0.25) is 5.02 Å². The van der Waals surface area contributed by atoms with E-state index in [1.54, 1.807) is 42.7 Å². The summed E-state index contributed by atoms with van der Waals surface area (Å²) in [6.45, 7) is -1.22. The SMILES string of the molecule is O=C(Nc1cccc(OCc2cccnc2)c1)c1cnc(OCC(F)(F)F)c(Cl)c1. The third-order valence-corrected chi connectivity index (χ3v) is 3.93. The zero-order chi connectivity index (χ0) is 21.6. The van der Waals surface area contributed by atoms with E-state index in [1.807, 2.05) is 6.07 Å². The molecule has 0 saturated heterocycles. The average Bonchev–Trinajstić information content (AvgIpc) is 2.71. The summed E-state index contributed by atoms with van der Waals surface area (Å²) >= 11 is 5.87. The number of anilines is 1. The molecule has 0 bridgehead atoms. The van der Waals surface area contributed by atoms with E-state index in [9.17, 15) is 18.0 Å². The van der Waals surface area contributed by atoms with E-state index in [0.717, 1.165) is 11.8 Å². The fourth-order valence-corrected chi connectivity index (χ4v) is 2.54. The van der Waals surface area contributed by atoms with Crippen LogP contribution in [-0.4, -0.2) is 28.7 Å². The highest BCUT2D eigenvalue weighted by atomic mass is 35.5. The van der Waals surface area contributed by atoms with Crippen molar-refractivity contribution in [2.24, 2.45) is 0 Å². The second kappa shape index (κ2) is 9.45. The molecule has 2 aromatic heterocycles. The number of nitrogens with one attached hydrogen (secondary N) is 1. The first kappa shape index (κ1) is 21.4. The van der Waals surface area contributed by atoms with Gasteiger partial charge in [0, 0.05) is 35.9 Å². The Kier molecular flexibility index (Phi) is 6.73. The minimum absolute atomic E-state index is 0.0565. The highest BCUT2D eigenvalue weighted by molar-refractivity contribution is 6.32. The maximum atomic E-state index is 12.4. The molecule has 0 radical (unpaired) electrons. The number of nitrogens with zero attached hydrogens (tertiary/aromatic N) is 2. The summed E-state index contributed by atoms with van der Waals surface area (Å²) in [5.41, 5.74) is 1.40. The molecule has 1 N–H and O–H groups in total. The lowest BCUT2D eigenvalue weighted by Gasteiger charge is -2.11. The first-order chi connectivity index (χ1) is 14.3. The summed E-state index contributed by atoms with van der Waals surface area (Å²) in [6.07, 6.45) is -0.0962. The van der Waals surface area contributed by atoms with E-state index in [2.05, 4.69) is 20.0 Å². The molecule has 0 unspecified atom stereocenters. The third-order valence-electron chi connectivity index (χ3n) is 3.66. The van der Waals surface area contributed by atoms with Crippen molar-refractivity contribution < 1.29 is 27.4 Å². The highest BCUT2D eigenvalue weighted by Gasteiger charge is 2.29. The molecule has 1 aromatic carbocycles. The van der Waals surface area contributed by atoms with Crippen LogP contribution >= 0.6 is 11.6 Å². The summed E-state index contributed by atoms with van der Waals surface area (Å²) in [5, 5.41) is 2.44. The molecule has 0 aliphatic heterocycles. The van der Waals surface area contributed by atoms with Crippen molar-refractivity contribution in [1.82, 2.24) is 9.97 Å². The molecule has 3 aromatic rings. The molecule has 0 aliphatic carbocycles. The van der Waals surface area contributed by atoms with Crippen LogP contribution in [0.3, 0.4) is 0 Å². The standard InChI is InChI=1S/C20H15ClF3N3O3/c21-17-7-14(10-26-19(17)30-12-20(22,23)24)18(28)27-15-4-1-5-16(8-15)29-11-13-3-2-6-25-9-13/h1-10H,11-12H2,(H,27,28). The highest BCUT2D eigenvalue weighted by Crippen LogP contribution is 2.26. The zero-order valence-electron chi connectivity index (χ0n) is 15.3. The van der Waals surface area contributed by atoms with E-state index in [4.69, 9.17) is 16.3 Å². The zero-order valence-corrected chi connectivity index (χ0v) is 16.1. The number of benzene rings is 1. The number of halogens is 4. The number of amides is 1. The van der Waals surface area contributed by atoms with Crippen LogP contribution in [0.5, 0.6) is 11.6 Å². The minimum Gasteiger partial charge on any atom is -0.489 e. The Morgan fingerprint density at radius 3 is 2.63 bits per heavy atom. The third kappa shape index (κ3) is 6.35. The largest absolute Gasteiger partial charge is 0.489 e. The monoisotopic (exact) mass is 437 g/mol. The van der Waals surface area contributed by atoms with Gasteiger partial charge in [0.05, 0.1) is 5.56 Å². The normalized spacial score (nSPS) is 11.1. The Balaban J connectivity index is 1.62.